The van der Waals surface area contributed by atoms with Crippen LogP contribution in [-0.4, -0.2) is 37.5 Å². The average Bonchev–Trinajstić information content (AvgIpc) is 2.80. The van der Waals surface area contributed by atoms with Crippen LogP contribution in [0.4, 0.5) is 0 Å². The highest BCUT2D eigenvalue weighted by Crippen LogP contribution is 2.26. The molecule has 2 aromatic heterocycles. The molecule has 0 amide bonds. The third-order valence-electron chi connectivity index (χ3n) is 4.78. The highest BCUT2D eigenvalue weighted by atomic mass is 15.2. The molecule has 1 aliphatic carbocycles. The SMILES string of the molecule is C1=CC(N2CCc3nc4ccc(-c5cnccn5)cc4n3CC2)=C1. The van der Waals surface area contributed by atoms with Crippen LogP contribution < -0.4 is 0 Å². The zero-order valence-corrected chi connectivity index (χ0v) is 13.3. The number of hydrogen-bond donors (Lipinski definition) is 0. The topological polar surface area (TPSA) is 46.8 Å². The van der Waals surface area contributed by atoms with Crippen molar-refractivity contribution in [2.24, 2.45) is 0 Å². The molecule has 0 saturated carbocycles. The van der Waals surface area contributed by atoms with Gasteiger partial charge in [0.1, 0.15) is 5.82 Å². The Morgan fingerprint density at radius 2 is 2.00 bits per heavy atom. The molecule has 5 rings (SSSR count). The second-order valence-electron chi connectivity index (χ2n) is 6.16. The molecule has 0 fully saturated rings. The Bertz CT molecular complexity index is 968. The minimum absolute atomic E-state index is 0.898. The molecular weight excluding hydrogens is 298 g/mol. The Kier molecular flexibility index (Phi) is 2.98. The van der Waals surface area contributed by atoms with Crippen molar-refractivity contribution in [3.63, 3.8) is 0 Å². The predicted molar refractivity (Wildman–Crippen MR) is 93.3 cm³/mol. The summed E-state index contributed by atoms with van der Waals surface area (Å²) < 4.78 is 2.36. The van der Waals surface area contributed by atoms with Crippen LogP contribution in [-0.2, 0) is 13.0 Å². The summed E-state index contributed by atoms with van der Waals surface area (Å²) in [4.78, 5) is 15.9. The second-order valence-corrected chi connectivity index (χ2v) is 6.16. The molecule has 0 radical (unpaired) electrons. The Balaban J connectivity index is 1.53. The van der Waals surface area contributed by atoms with Crippen LogP contribution in [0, 0.1) is 0 Å². The Labute approximate surface area is 140 Å². The van der Waals surface area contributed by atoms with E-state index in [1.165, 1.54) is 17.0 Å². The van der Waals surface area contributed by atoms with Gasteiger partial charge in [-0.05, 0) is 24.3 Å². The van der Waals surface area contributed by atoms with Gasteiger partial charge in [-0.1, -0.05) is 12.1 Å². The first-order valence-electron chi connectivity index (χ1n) is 8.27. The van der Waals surface area contributed by atoms with Gasteiger partial charge in [0.25, 0.3) is 0 Å². The van der Waals surface area contributed by atoms with Gasteiger partial charge >= 0.3 is 0 Å². The lowest BCUT2D eigenvalue weighted by molar-refractivity contribution is 0.359. The maximum Gasteiger partial charge on any atom is 0.111 e. The first kappa shape index (κ1) is 13.5. The fourth-order valence-electron chi connectivity index (χ4n) is 3.44. The van der Waals surface area contributed by atoms with Gasteiger partial charge in [-0.25, -0.2) is 4.98 Å². The second kappa shape index (κ2) is 5.30. The average molecular weight is 315 g/mol. The molecule has 1 aliphatic heterocycles. The minimum atomic E-state index is 0.898. The van der Waals surface area contributed by atoms with E-state index in [4.69, 9.17) is 4.98 Å². The highest BCUT2D eigenvalue weighted by molar-refractivity contribution is 5.81. The molecule has 24 heavy (non-hydrogen) atoms. The summed E-state index contributed by atoms with van der Waals surface area (Å²) in [7, 11) is 0. The van der Waals surface area contributed by atoms with E-state index in [-0.39, 0.29) is 0 Å². The summed E-state index contributed by atoms with van der Waals surface area (Å²) in [5.74, 6) is 1.17. The number of fused-ring (bicyclic) bond motifs is 3. The minimum Gasteiger partial charge on any atom is -0.369 e. The summed E-state index contributed by atoms with van der Waals surface area (Å²) in [5.41, 5.74) is 5.58. The van der Waals surface area contributed by atoms with Gasteiger partial charge in [0, 0.05) is 49.7 Å². The van der Waals surface area contributed by atoms with Crippen LogP contribution in [0.3, 0.4) is 0 Å². The standard InChI is InChI=1S/C19H17N5/c1-2-15(3-1)23-9-6-19-22-16-5-4-14(17-13-20-7-8-21-17)12-18(16)24(19)11-10-23/h1-5,7-8,12-13H,6,9-11H2. The monoisotopic (exact) mass is 315 g/mol. The van der Waals surface area contributed by atoms with E-state index in [1.54, 1.807) is 18.6 Å². The molecule has 5 nitrogen and oxygen atoms in total. The van der Waals surface area contributed by atoms with Gasteiger partial charge in [0.05, 0.1) is 22.9 Å². The quantitative estimate of drug-likeness (QED) is 0.729. The van der Waals surface area contributed by atoms with E-state index in [9.17, 15) is 0 Å². The zero-order valence-electron chi connectivity index (χ0n) is 13.3. The third kappa shape index (κ3) is 2.12. The van der Waals surface area contributed by atoms with E-state index >= 15 is 0 Å². The van der Waals surface area contributed by atoms with Gasteiger partial charge in [0.15, 0.2) is 0 Å². The smallest absolute Gasteiger partial charge is 0.111 e. The Morgan fingerprint density at radius 1 is 1.04 bits per heavy atom. The van der Waals surface area contributed by atoms with Crippen LogP contribution in [0.2, 0.25) is 0 Å². The van der Waals surface area contributed by atoms with Crippen molar-refractivity contribution in [2.45, 2.75) is 13.0 Å². The molecule has 0 spiro atoms. The number of hydrogen-bond acceptors (Lipinski definition) is 4. The van der Waals surface area contributed by atoms with E-state index in [0.717, 1.165) is 42.8 Å². The number of aromatic nitrogens is 4. The molecule has 0 unspecified atom stereocenters. The number of imidazole rings is 1. The van der Waals surface area contributed by atoms with E-state index in [2.05, 4.69) is 55.9 Å². The lowest BCUT2D eigenvalue weighted by atomic mass is 10.1. The van der Waals surface area contributed by atoms with Crippen LogP contribution in [0.1, 0.15) is 5.82 Å². The number of benzene rings is 1. The summed E-state index contributed by atoms with van der Waals surface area (Å²) >= 11 is 0. The molecule has 3 aromatic rings. The lowest BCUT2D eigenvalue weighted by Gasteiger charge is -2.25. The molecule has 1 aromatic carbocycles. The molecule has 0 bridgehead atoms. The van der Waals surface area contributed by atoms with Crippen molar-refractivity contribution >= 4 is 11.0 Å². The van der Waals surface area contributed by atoms with Gasteiger partial charge in [-0.15, -0.1) is 0 Å². The fraction of sp³-hybridized carbons (Fsp3) is 0.211. The zero-order chi connectivity index (χ0) is 15.9. The summed E-state index contributed by atoms with van der Waals surface area (Å²) in [6, 6.07) is 6.36. The molecule has 118 valence electrons. The molecule has 0 atom stereocenters. The maximum atomic E-state index is 4.85. The third-order valence-corrected chi connectivity index (χ3v) is 4.78. The van der Waals surface area contributed by atoms with Gasteiger partial charge in [-0.2, -0.15) is 0 Å². The van der Waals surface area contributed by atoms with Crippen LogP contribution >= 0.6 is 0 Å². The number of rotatable bonds is 2. The van der Waals surface area contributed by atoms with Gasteiger partial charge in [0.2, 0.25) is 0 Å². The molecule has 0 N–H and O–H groups in total. The summed E-state index contributed by atoms with van der Waals surface area (Å²) in [6.45, 7) is 3.00. The largest absolute Gasteiger partial charge is 0.369 e. The van der Waals surface area contributed by atoms with Crippen molar-refractivity contribution in [2.75, 3.05) is 13.1 Å². The molecule has 5 heteroatoms. The normalized spacial score (nSPS) is 16.5. The van der Waals surface area contributed by atoms with Crippen molar-refractivity contribution in [3.05, 3.63) is 66.5 Å². The fourth-order valence-corrected chi connectivity index (χ4v) is 3.44. The predicted octanol–water partition coefficient (Wildman–Crippen LogP) is 2.81. The van der Waals surface area contributed by atoms with Crippen molar-refractivity contribution in [1.29, 1.82) is 0 Å². The maximum absolute atomic E-state index is 4.85. The van der Waals surface area contributed by atoms with Crippen molar-refractivity contribution in [3.8, 4) is 11.3 Å². The Morgan fingerprint density at radius 3 is 2.79 bits per heavy atom. The van der Waals surface area contributed by atoms with E-state index in [0.29, 0.717) is 0 Å². The first-order valence-corrected chi connectivity index (χ1v) is 8.27. The summed E-state index contributed by atoms with van der Waals surface area (Å²) in [6.07, 6.45) is 12.7. The first-order chi connectivity index (χ1) is 11.9. The van der Waals surface area contributed by atoms with Crippen molar-refractivity contribution in [1.82, 2.24) is 24.4 Å². The molecule has 2 aliphatic rings. The highest BCUT2D eigenvalue weighted by Gasteiger charge is 2.19. The van der Waals surface area contributed by atoms with Crippen LogP contribution in [0.25, 0.3) is 22.3 Å². The number of nitrogens with zero attached hydrogens (tertiary/aromatic N) is 5. The molecule has 3 heterocycles. The summed E-state index contributed by atoms with van der Waals surface area (Å²) in [5, 5.41) is 0. The van der Waals surface area contributed by atoms with Gasteiger partial charge < -0.3 is 9.47 Å². The van der Waals surface area contributed by atoms with E-state index < -0.39 is 0 Å². The lowest BCUT2D eigenvalue weighted by Crippen LogP contribution is -2.26. The molecule has 0 saturated heterocycles. The van der Waals surface area contributed by atoms with Gasteiger partial charge in [-0.3, -0.25) is 9.97 Å². The van der Waals surface area contributed by atoms with Crippen LogP contribution in [0.5, 0.6) is 0 Å². The Hall–Kier alpha value is -2.95. The van der Waals surface area contributed by atoms with Crippen LogP contribution in [0.15, 0.2) is 60.7 Å². The van der Waals surface area contributed by atoms with E-state index in [1.807, 2.05) is 0 Å². The number of allylic oxidation sites excluding steroid dienone is 3. The molecular formula is C19H17N5. The van der Waals surface area contributed by atoms with Crippen molar-refractivity contribution < 1.29 is 0 Å².